The maximum absolute atomic E-state index is 9.61. The molecule has 0 radical (unpaired) electrons. The van der Waals surface area contributed by atoms with Crippen LogP contribution < -0.4 is 0 Å². The minimum absolute atomic E-state index is 0.209. The molecule has 6 heteroatoms. The summed E-state index contributed by atoms with van der Waals surface area (Å²) >= 11 is 0. The Morgan fingerprint density at radius 1 is 1.03 bits per heavy atom. The average Bonchev–Trinajstić information content (AvgIpc) is 3.19. The molecule has 1 atom stereocenters. The summed E-state index contributed by atoms with van der Waals surface area (Å²) in [6.45, 7) is 6.88. The number of rotatable bonds is 7. The van der Waals surface area contributed by atoms with Crippen molar-refractivity contribution in [3.8, 4) is 5.82 Å². The number of aryl methyl sites for hydroxylation is 1. The summed E-state index contributed by atoms with van der Waals surface area (Å²) in [4.78, 5) is 14.1. The Kier molecular flexibility index (Phi) is 6.34. The summed E-state index contributed by atoms with van der Waals surface area (Å²) in [6, 6.07) is 16.8. The normalized spacial score (nSPS) is 18.2. The molecule has 6 nitrogen and oxygen atoms in total. The van der Waals surface area contributed by atoms with Crippen LogP contribution in [0.3, 0.4) is 0 Å². The van der Waals surface area contributed by atoms with Gasteiger partial charge in [-0.25, -0.2) is 4.98 Å². The Labute approximate surface area is 172 Å². The lowest BCUT2D eigenvalue weighted by molar-refractivity contribution is 0.0483. The van der Waals surface area contributed by atoms with Gasteiger partial charge in [0.1, 0.15) is 5.82 Å². The second kappa shape index (κ2) is 9.31. The third-order valence-electron chi connectivity index (χ3n) is 5.58. The van der Waals surface area contributed by atoms with Gasteiger partial charge in [-0.2, -0.15) is 0 Å². The molecule has 0 spiro atoms. The Morgan fingerprint density at radius 2 is 1.97 bits per heavy atom. The first-order chi connectivity index (χ1) is 14.2. The lowest BCUT2D eigenvalue weighted by Crippen LogP contribution is -2.52. The van der Waals surface area contributed by atoms with Crippen LogP contribution in [-0.4, -0.2) is 61.7 Å². The van der Waals surface area contributed by atoms with Crippen molar-refractivity contribution in [2.24, 2.45) is 0 Å². The van der Waals surface area contributed by atoms with E-state index in [-0.39, 0.29) is 6.61 Å². The van der Waals surface area contributed by atoms with Gasteiger partial charge in [0.25, 0.3) is 0 Å². The molecule has 1 fully saturated rings. The van der Waals surface area contributed by atoms with Crippen molar-refractivity contribution < 1.29 is 5.11 Å². The molecule has 152 valence electrons. The van der Waals surface area contributed by atoms with Crippen molar-refractivity contribution in [2.45, 2.75) is 32.5 Å². The number of nitrogens with zero attached hydrogens (tertiary/aromatic N) is 5. The second-order valence-electron chi connectivity index (χ2n) is 7.70. The molecule has 1 saturated heterocycles. The van der Waals surface area contributed by atoms with E-state index >= 15 is 0 Å². The summed E-state index contributed by atoms with van der Waals surface area (Å²) in [7, 11) is 0. The number of hydrogen-bond donors (Lipinski definition) is 1. The molecule has 3 aromatic heterocycles. The van der Waals surface area contributed by atoms with Crippen molar-refractivity contribution in [1.82, 2.24) is 24.3 Å². The molecule has 0 bridgehead atoms. The third-order valence-corrected chi connectivity index (χ3v) is 5.58. The van der Waals surface area contributed by atoms with E-state index in [0.29, 0.717) is 6.04 Å². The highest BCUT2D eigenvalue weighted by Crippen LogP contribution is 2.19. The highest BCUT2D eigenvalue weighted by Gasteiger charge is 2.27. The summed E-state index contributed by atoms with van der Waals surface area (Å²) in [5.41, 5.74) is 3.39. The molecule has 0 saturated carbocycles. The molecule has 4 rings (SSSR count). The molecule has 0 amide bonds. The van der Waals surface area contributed by atoms with Gasteiger partial charge >= 0.3 is 0 Å². The van der Waals surface area contributed by atoms with E-state index in [9.17, 15) is 5.11 Å². The first kappa shape index (κ1) is 19.8. The molecule has 1 unspecified atom stereocenters. The highest BCUT2D eigenvalue weighted by atomic mass is 16.3. The van der Waals surface area contributed by atoms with Crippen LogP contribution in [0.2, 0.25) is 0 Å². The van der Waals surface area contributed by atoms with Crippen LogP contribution >= 0.6 is 0 Å². The molecule has 1 N–H and O–H groups in total. The lowest BCUT2D eigenvalue weighted by Gasteiger charge is -2.41. The molecular weight excluding hydrogens is 362 g/mol. The molecule has 0 aromatic carbocycles. The zero-order chi connectivity index (χ0) is 20.1. The largest absolute Gasteiger partial charge is 0.396 e. The smallest absolute Gasteiger partial charge is 0.136 e. The highest BCUT2D eigenvalue weighted by molar-refractivity contribution is 5.27. The summed E-state index contributed by atoms with van der Waals surface area (Å²) in [6.07, 6.45) is 4.68. The zero-order valence-electron chi connectivity index (χ0n) is 17.0. The first-order valence-corrected chi connectivity index (χ1v) is 10.3. The maximum Gasteiger partial charge on any atom is 0.136 e. The van der Waals surface area contributed by atoms with Crippen LogP contribution in [0.5, 0.6) is 0 Å². The third kappa shape index (κ3) is 4.90. The minimum Gasteiger partial charge on any atom is -0.396 e. The SMILES string of the molecule is Cc1cccc(CN2CCN(Cc3cccn3-c3ccccn3)CC2CCO)n1. The number of aromatic nitrogens is 3. The van der Waals surface area contributed by atoms with Gasteiger partial charge in [-0.3, -0.25) is 14.8 Å². The number of hydrogen-bond acceptors (Lipinski definition) is 5. The Bertz CT molecular complexity index is 910. The van der Waals surface area contributed by atoms with Crippen molar-refractivity contribution in [3.63, 3.8) is 0 Å². The molecule has 4 heterocycles. The van der Waals surface area contributed by atoms with E-state index in [4.69, 9.17) is 0 Å². The molecule has 29 heavy (non-hydrogen) atoms. The van der Waals surface area contributed by atoms with Gasteiger partial charge in [-0.1, -0.05) is 12.1 Å². The Morgan fingerprint density at radius 3 is 2.76 bits per heavy atom. The van der Waals surface area contributed by atoms with Crippen LogP contribution in [0.15, 0.2) is 60.9 Å². The minimum atomic E-state index is 0.209. The van der Waals surface area contributed by atoms with E-state index < -0.39 is 0 Å². The van der Waals surface area contributed by atoms with Crippen LogP contribution in [0.4, 0.5) is 0 Å². The predicted molar refractivity (Wildman–Crippen MR) is 114 cm³/mol. The van der Waals surface area contributed by atoms with Crippen molar-refractivity contribution in [2.75, 3.05) is 26.2 Å². The van der Waals surface area contributed by atoms with Crippen LogP contribution in [-0.2, 0) is 13.1 Å². The van der Waals surface area contributed by atoms with Gasteiger partial charge in [-0.15, -0.1) is 0 Å². The van der Waals surface area contributed by atoms with Gasteiger partial charge in [0.05, 0.1) is 5.69 Å². The van der Waals surface area contributed by atoms with Gasteiger partial charge in [0.15, 0.2) is 0 Å². The van der Waals surface area contributed by atoms with Gasteiger partial charge in [0, 0.05) is 69.2 Å². The Hall–Kier alpha value is -2.54. The van der Waals surface area contributed by atoms with E-state index in [1.807, 2.05) is 37.4 Å². The fourth-order valence-electron chi connectivity index (χ4n) is 4.12. The number of aliphatic hydroxyl groups excluding tert-OH is 1. The molecule has 1 aliphatic rings. The predicted octanol–water partition coefficient (Wildman–Crippen LogP) is 2.64. The molecule has 0 aliphatic carbocycles. The van der Waals surface area contributed by atoms with E-state index in [0.717, 1.165) is 56.4 Å². The maximum atomic E-state index is 9.61. The van der Waals surface area contributed by atoms with Gasteiger partial charge in [-0.05, 0) is 49.7 Å². The zero-order valence-corrected chi connectivity index (χ0v) is 17.0. The Balaban J connectivity index is 1.43. The standard InChI is InChI=1S/C23H29N5O/c1-19-6-4-7-20(25-19)16-27-14-13-26(17-21(27)10-15-29)18-22-8-5-12-28(22)23-9-2-3-11-24-23/h2-9,11-12,21,29H,10,13-18H2,1H3. The summed E-state index contributed by atoms with van der Waals surface area (Å²) < 4.78 is 2.16. The van der Waals surface area contributed by atoms with E-state index in [2.05, 4.69) is 54.8 Å². The van der Waals surface area contributed by atoms with Crippen molar-refractivity contribution in [3.05, 3.63) is 78.0 Å². The second-order valence-corrected chi connectivity index (χ2v) is 7.70. The van der Waals surface area contributed by atoms with Crippen LogP contribution in [0, 0.1) is 6.92 Å². The quantitative estimate of drug-likeness (QED) is 0.671. The topological polar surface area (TPSA) is 57.4 Å². The fraction of sp³-hybridized carbons (Fsp3) is 0.391. The monoisotopic (exact) mass is 391 g/mol. The van der Waals surface area contributed by atoms with Crippen LogP contribution in [0.1, 0.15) is 23.5 Å². The first-order valence-electron chi connectivity index (χ1n) is 10.3. The summed E-state index contributed by atoms with van der Waals surface area (Å²) in [5.74, 6) is 0.948. The van der Waals surface area contributed by atoms with Crippen molar-refractivity contribution in [1.29, 1.82) is 0 Å². The van der Waals surface area contributed by atoms with Gasteiger partial charge < -0.3 is 9.67 Å². The number of aliphatic hydroxyl groups is 1. The molecule has 1 aliphatic heterocycles. The van der Waals surface area contributed by atoms with E-state index in [1.54, 1.807) is 0 Å². The van der Waals surface area contributed by atoms with Crippen molar-refractivity contribution >= 4 is 0 Å². The molecule has 3 aromatic rings. The number of pyridine rings is 2. The summed E-state index contributed by atoms with van der Waals surface area (Å²) in [5, 5.41) is 9.61. The number of piperazine rings is 1. The molecular formula is C23H29N5O. The van der Waals surface area contributed by atoms with Gasteiger partial charge in [0.2, 0.25) is 0 Å². The lowest BCUT2D eigenvalue weighted by atomic mass is 10.1. The average molecular weight is 392 g/mol. The fourth-order valence-corrected chi connectivity index (χ4v) is 4.12. The van der Waals surface area contributed by atoms with Crippen LogP contribution in [0.25, 0.3) is 5.82 Å². The van der Waals surface area contributed by atoms with E-state index in [1.165, 1.54) is 5.69 Å².